The third-order valence-electron chi connectivity index (χ3n) is 8.44. The summed E-state index contributed by atoms with van der Waals surface area (Å²) in [4.78, 5) is 1.58. The minimum atomic E-state index is -0.814. The van der Waals surface area contributed by atoms with Crippen molar-refractivity contribution < 1.29 is 30.6 Å². The first-order valence-corrected chi connectivity index (χ1v) is 15.1. The maximum atomic E-state index is 11.6. The number of phenolic OH excluding ortho intramolecular Hbond substituents is 4. The molecule has 5 rings (SSSR count). The molecule has 0 bridgehead atoms. The van der Waals surface area contributed by atoms with Gasteiger partial charge in [-0.25, -0.2) is 0 Å². The zero-order chi connectivity index (χ0) is 34.2. The fourth-order valence-corrected chi connectivity index (χ4v) is 6.08. The molecule has 0 aromatic heterocycles. The van der Waals surface area contributed by atoms with E-state index in [0.717, 1.165) is 33.0 Å². The molecule has 0 spiro atoms. The maximum Gasteiger partial charge on any atom is 0.186 e. The fourth-order valence-electron chi connectivity index (χ4n) is 6.08. The Bertz CT molecular complexity index is 2020. The Labute approximate surface area is 276 Å². The number of hydrogen-bond acceptors (Lipinski definition) is 7. The highest BCUT2D eigenvalue weighted by atomic mass is 16.3. The van der Waals surface area contributed by atoms with Crippen LogP contribution in [0.25, 0.3) is 27.5 Å². The highest BCUT2D eigenvalue weighted by Gasteiger charge is 2.32. The van der Waals surface area contributed by atoms with Gasteiger partial charge in [-0.1, -0.05) is 91.5 Å². The maximum absolute atomic E-state index is 11.6. The number of rotatable bonds is 8. The van der Waals surface area contributed by atoms with Gasteiger partial charge in [0.1, 0.15) is 27.1 Å². The molecule has 0 unspecified atom stereocenters. The number of aryl methyl sites for hydroxylation is 1. The summed E-state index contributed by atoms with van der Waals surface area (Å²) in [5.74, 6) is -3.78. The van der Waals surface area contributed by atoms with Gasteiger partial charge in [0.15, 0.2) is 23.0 Å². The molecule has 0 heterocycles. The van der Waals surface area contributed by atoms with E-state index in [-0.39, 0.29) is 28.1 Å². The second-order valence-corrected chi connectivity index (χ2v) is 11.8. The summed E-state index contributed by atoms with van der Waals surface area (Å²) in [5, 5.41) is 68.1. The molecule has 0 aliphatic rings. The molecule has 7 nitrogen and oxygen atoms in total. The van der Waals surface area contributed by atoms with E-state index in [2.05, 4.69) is 18.2 Å². The molecule has 5 aromatic rings. The molecule has 0 amide bonds. The van der Waals surface area contributed by atoms with E-state index < -0.39 is 40.9 Å². The first kappa shape index (κ1) is 33.1. The molecule has 0 saturated heterocycles. The van der Waals surface area contributed by atoms with Crippen LogP contribution >= 0.6 is 0 Å². The average molecular weight is 623 g/mol. The molecule has 0 atom stereocenters. The largest absolute Gasteiger partial charge is 0.508 e. The second kappa shape index (κ2) is 13.2. The van der Waals surface area contributed by atoms with Gasteiger partial charge in [0, 0.05) is 11.3 Å². The third-order valence-corrected chi connectivity index (χ3v) is 8.44. The number of hydrogen-bond donors (Lipinski definition) is 6. The molecule has 4 radical (unpaired) electrons. The normalized spacial score (nSPS) is 12.6. The smallest absolute Gasteiger partial charge is 0.186 e. The van der Waals surface area contributed by atoms with Crippen LogP contribution in [0.3, 0.4) is 0 Å². The Hall–Kier alpha value is -5.27. The number of benzene rings is 5. The predicted molar refractivity (Wildman–Crippen MR) is 190 cm³/mol. The van der Waals surface area contributed by atoms with Crippen molar-refractivity contribution in [1.82, 2.24) is 0 Å². The molecule has 0 aliphatic heterocycles. The van der Waals surface area contributed by atoms with Gasteiger partial charge >= 0.3 is 0 Å². The quantitative estimate of drug-likeness (QED) is 0.0340. The summed E-state index contributed by atoms with van der Waals surface area (Å²) in [6.45, 7) is 6.67. The number of aliphatic hydroxyl groups excluding tert-OH is 2. The minimum absolute atomic E-state index is 0.0169. The van der Waals surface area contributed by atoms with Crippen LogP contribution in [0.1, 0.15) is 43.4 Å². The van der Waals surface area contributed by atoms with Gasteiger partial charge in [-0.2, -0.15) is 0 Å². The van der Waals surface area contributed by atoms with E-state index in [1.165, 1.54) is 6.92 Å². The molecular weight excluding hydrogens is 588 g/mol. The van der Waals surface area contributed by atoms with Gasteiger partial charge in [0.2, 0.25) is 0 Å². The first-order chi connectivity index (χ1) is 22.4. The lowest BCUT2D eigenvalue weighted by Gasteiger charge is -2.31. The lowest BCUT2D eigenvalue weighted by Crippen LogP contribution is -2.14. The monoisotopic (exact) mass is 623 g/mol. The topological polar surface area (TPSA) is 125 Å². The molecule has 0 aliphatic carbocycles. The van der Waals surface area contributed by atoms with Gasteiger partial charge in [-0.3, -0.25) is 0 Å². The Morgan fingerprint density at radius 2 is 1.36 bits per heavy atom. The van der Waals surface area contributed by atoms with Crippen molar-refractivity contribution in [3.63, 3.8) is 0 Å². The van der Waals surface area contributed by atoms with Gasteiger partial charge in [-0.05, 0) is 71.0 Å². The Morgan fingerprint density at radius 3 is 1.98 bits per heavy atom. The third kappa shape index (κ3) is 5.90. The van der Waals surface area contributed by atoms with E-state index in [0.29, 0.717) is 11.4 Å². The number of phenols is 4. The molecule has 5 aromatic carbocycles. The molecule has 9 heteroatoms. The van der Waals surface area contributed by atoms with E-state index in [4.69, 9.17) is 15.7 Å². The van der Waals surface area contributed by atoms with Crippen LogP contribution < -0.4 is 4.90 Å². The summed E-state index contributed by atoms with van der Waals surface area (Å²) >= 11 is 0. The molecule has 0 fully saturated rings. The van der Waals surface area contributed by atoms with Crippen LogP contribution in [0, 0.1) is 6.92 Å². The summed E-state index contributed by atoms with van der Waals surface area (Å²) in [7, 11) is 11.5. The fraction of sp³-hybridized carbons (Fsp3) is 0.158. The number of fused-ring (bicyclic) bond motifs is 1. The Morgan fingerprint density at radius 1 is 0.766 bits per heavy atom. The molecule has 6 N–H and O–H groups in total. The van der Waals surface area contributed by atoms with Crippen LogP contribution in [0.2, 0.25) is 0 Å². The van der Waals surface area contributed by atoms with E-state index >= 15 is 0 Å². The van der Waals surface area contributed by atoms with Crippen molar-refractivity contribution in [2.45, 2.75) is 33.6 Å². The molecule has 47 heavy (non-hydrogen) atoms. The van der Waals surface area contributed by atoms with Gasteiger partial charge in [-0.15, -0.1) is 0 Å². The number of anilines is 3. The van der Waals surface area contributed by atoms with Gasteiger partial charge in [0.05, 0.1) is 17.9 Å². The van der Waals surface area contributed by atoms with E-state index in [1.807, 2.05) is 87.5 Å². The Balaban J connectivity index is 1.77. The summed E-state index contributed by atoms with van der Waals surface area (Å²) in [6.07, 6.45) is 0. The van der Waals surface area contributed by atoms with Crippen molar-refractivity contribution in [2.75, 3.05) is 11.5 Å². The van der Waals surface area contributed by atoms with Crippen LogP contribution in [0.15, 0.2) is 102 Å². The van der Waals surface area contributed by atoms with Crippen LogP contribution in [0.4, 0.5) is 17.1 Å². The second-order valence-electron chi connectivity index (χ2n) is 11.8. The minimum Gasteiger partial charge on any atom is -0.508 e. The van der Waals surface area contributed by atoms with Crippen molar-refractivity contribution in [3.05, 3.63) is 118 Å². The summed E-state index contributed by atoms with van der Waals surface area (Å²) in [5.41, 5.74) is 3.41. The first-order valence-electron chi connectivity index (χ1n) is 15.1. The standard InChI is InChI=1S/C38H35B2NO6/c1-20(2)30-21(3)9-7-14-29(30)41(25-17-15-24(16-18-25)27-13-8-11-23-10-5-6-12-26(23)27)33-37(46)35(44)31(36(45)38(33)47)22(4)34(43)32(40)28(39)19-42/h5-18,20,42-47H,19H2,1-4H3/b32-28-,34-22-. The van der Waals surface area contributed by atoms with E-state index in [9.17, 15) is 30.6 Å². The number of nitrogens with zero attached hydrogens (tertiary/aromatic N) is 1. The average Bonchev–Trinajstić information content (AvgIpc) is 3.07. The van der Waals surface area contributed by atoms with Gasteiger partial charge in [0.25, 0.3) is 0 Å². The highest BCUT2D eigenvalue weighted by molar-refractivity contribution is 6.33. The number of aromatic hydroxyl groups is 4. The van der Waals surface area contributed by atoms with Crippen molar-refractivity contribution >= 4 is 49.1 Å². The Kier molecular flexibility index (Phi) is 9.31. The summed E-state index contributed by atoms with van der Waals surface area (Å²) < 4.78 is 0. The zero-order valence-corrected chi connectivity index (χ0v) is 26.7. The van der Waals surface area contributed by atoms with Crippen LogP contribution in [-0.2, 0) is 0 Å². The lowest BCUT2D eigenvalue weighted by atomic mass is 9.78. The SMILES string of the molecule is [B]/C(CO)=C([B])/C(O)=C(\C)c1c(O)c(O)c(N(c2ccc(-c3cccc4ccccc34)cc2)c2cccc(C)c2C(C)C)c(O)c1O. The van der Waals surface area contributed by atoms with Crippen LogP contribution in [0.5, 0.6) is 23.0 Å². The van der Waals surface area contributed by atoms with Gasteiger partial charge < -0.3 is 35.5 Å². The van der Waals surface area contributed by atoms with E-state index in [1.54, 1.807) is 4.90 Å². The predicted octanol–water partition coefficient (Wildman–Crippen LogP) is 8.06. The highest BCUT2D eigenvalue weighted by Crippen LogP contribution is 2.58. The molecule has 0 saturated carbocycles. The summed E-state index contributed by atoms with van der Waals surface area (Å²) in [6, 6.07) is 27.4. The van der Waals surface area contributed by atoms with Crippen molar-refractivity contribution in [1.29, 1.82) is 0 Å². The molecular formula is C38H35B2NO6. The van der Waals surface area contributed by atoms with Crippen LogP contribution in [-0.4, -0.2) is 52.9 Å². The number of allylic oxidation sites excluding steroid dienone is 2. The zero-order valence-electron chi connectivity index (χ0n) is 26.7. The van der Waals surface area contributed by atoms with Crippen molar-refractivity contribution in [2.24, 2.45) is 0 Å². The lowest BCUT2D eigenvalue weighted by molar-refractivity contribution is 0.336. The van der Waals surface area contributed by atoms with Crippen molar-refractivity contribution in [3.8, 4) is 34.1 Å². The number of aliphatic hydroxyl groups is 2. The molecule has 234 valence electrons.